The number of aryl methyl sites for hydroxylation is 1. The first-order chi connectivity index (χ1) is 9.24. The van der Waals surface area contributed by atoms with Gasteiger partial charge in [0.05, 0.1) is 10.8 Å². The van der Waals surface area contributed by atoms with Crippen LogP contribution in [0.3, 0.4) is 0 Å². The molecule has 0 unspecified atom stereocenters. The maximum absolute atomic E-state index is 8.91. The van der Waals surface area contributed by atoms with Gasteiger partial charge in [0.2, 0.25) is 0 Å². The highest BCUT2D eigenvalue weighted by atomic mass is 32.2. The molecule has 5 nitrogen and oxygen atoms in total. The number of fused-ring (bicyclic) bond motifs is 3. The van der Waals surface area contributed by atoms with Crippen LogP contribution in [0.15, 0.2) is 16.5 Å². The molecular formula is C12H14N4OS2. The third kappa shape index (κ3) is 2.07. The van der Waals surface area contributed by atoms with Crippen molar-refractivity contribution in [3.8, 4) is 0 Å². The number of hydrogen-bond donors (Lipinski definition) is 2. The standard InChI is InChI=1S/C12H14N4OS2/c1-7-6-14-11-10(13-2)15-8-5-9(18-4-3-17)19-12(8)16(7)11/h5-6,17H,3-4H2,1-2H3,(H,13,15). The average molecular weight is 294 g/mol. The molecule has 7 heteroatoms. The molecule has 3 heterocycles. The summed E-state index contributed by atoms with van der Waals surface area (Å²) in [5.74, 6) is 1.50. The van der Waals surface area contributed by atoms with Crippen molar-refractivity contribution < 1.29 is 5.11 Å². The number of nitrogens with zero attached hydrogens (tertiary/aromatic N) is 3. The Morgan fingerprint density at radius 1 is 1.53 bits per heavy atom. The van der Waals surface area contributed by atoms with Gasteiger partial charge >= 0.3 is 0 Å². The number of imidazole rings is 1. The summed E-state index contributed by atoms with van der Waals surface area (Å²) in [6, 6.07) is 2.07. The van der Waals surface area contributed by atoms with Crippen LogP contribution in [0, 0.1) is 6.92 Å². The molecule has 0 aromatic carbocycles. The molecule has 0 aliphatic heterocycles. The zero-order valence-corrected chi connectivity index (χ0v) is 12.3. The molecule has 19 heavy (non-hydrogen) atoms. The molecule has 0 radical (unpaired) electrons. The van der Waals surface area contributed by atoms with Crippen molar-refractivity contribution in [1.29, 1.82) is 0 Å². The Balaban J connectivity index is 2.25. The summed E-state index contributed by atoms with van der Waals surface area (Å²) < 4.78 is 3.29. The first kappa shape index (κ1) is 12.7. The van der Waals surface area contributed by atoms with E-state index in [1.807, 2.05) is 20.2 Å². The summed E-state index contributed by atoms with van der Waals surface area (Å²) >= 11 is 3.34. The van der Waals surface area contributed by atoms with Gasteiger partial charge in [0.15, 0.2) is 11.5 Å². The normalized spacial score (nSPS) is 11.5. The minimum atomic E-state index is 0.188. The van der Waals surface area contributed by atoms with Crippen molar-refractivity contribution in [1.82, 2.24) is 14.4 Å². The predicted octanol–water partition coefficient (Wildman–Crippen LogP) is 2.38. The van der Waals surface area contributed by atoms with Crippen molar-refractivity contribution in [2.24, 2.45) is 0 Å². The predicted molar refractivity (Wildman–Crippen MR) is 80.5 cm³/mol. The van der Waals surface area contributed by atoms with Gasteiger partial charge in [0, 0.05) is 24.7 Å². The van der Waals surface area contributed by atoms with Crippen molar-refractivity contribution in [2.45, 2.75) is 11.1 Å². The van der Waals surface area contributed by atoms with E-state index >= 15 is 0 Å². The van der Waals surface area contributed by atoms with Crippen LogP contribution in [-0.4, -0.2) is 38.9 Å². The summed E-state index contributed by atoms with van der Waals surface area (Å²) in [6.45, 7) is 2.23. The maximum atomic E-state index is 8.91. The van der Waals surface area contributed by atoms with Gasteiger partial charge in [0.25, 0.3) is 0 Å². The highest BCUT2D eigenvalue weighted by molar-refractivity contribution is 8.01. The van der Waals surface area contributed by atoms with Crippen LogP contribution in [0.25, 0.3) is 16.0 Å². The third-order valence-corrected chi connectivity index (χ3v) is 5.13. The smallest absolute Gasteiger partial charge is 0.181 e. The summed E-state index contributed by atoms with van der Waals surface area (Å²) in [6.07, 6.45) is 1.86. The lowest BCUT2D eigenvalue weighted by atomic mass is 10.4. The number of anilines is 1. The summed E-state index contributed by atoms with van der Waals surface area (Å²) in [5, 5.41) is 12.0. The van der Waals surface area contributed by atoms with E-state index in [1.54, 1.807) is 23.1 Å². The van der Waals surface area contributed by atoms with Gasteiger partial charge in [-0.15, -0.1) is 23.1 Å². The Kier molecular flexibility index (Phi) is 3.34. The van der Waals surface area contributed by atoms with Crippen LogP contribution < -0.4 is 5.32 Å². The molecule has 100 valence electrons. The fraction of sp³-hybridized carbons (Fsp3) is 0.333. The van der Waals surface area contributed by atoms with Gasteiger partial charge in [-0.3, -0.25) is 4.40 Å². The first-order valence-corrected chi connectivity index (χ1v) is 7.74. The quantitative estimate of drug-likeness (QED) is 0.723. The highest BCUT2D eigenvalue weighted by Crippen LogP contribution is 2.34. The lowest BCUT2D eigenvalue weighted by Gasteiger charge is -2.04. The Labute approximate surface area is 118 Å². The van der Waals surface area contributed by atoms with Gasteiger partial charge in [-0.2, -0.15) is 0 Å². The SMILES string of the molecule is CNc1nc2cc(SCCO)sc2n2c(C)cnc12. The number of aromatic nitrogens is 3. The molecule has 0 fully saturated rings. The lowest BCUT2D eigenvalue weighted by Crippen LogP contribution is -1.98. The second-order valence-corrected chi connectivity index (χ2v) is 6.52. The number of aliphatic hydroxyl groups is 1. The van der Waals surface area contributed by atoms with E-state index in [2.05, 4.69) is 25.8 Å². The van der Waals surface area contributed by atoms with E-state index in [0.29, 0.717) is 5.75 Å². The van der Waals surface area contributed by atoms with E-state index in [4.69, 9.17) is 5.11 Å². The first-order valence-electron chi connectivity index (χ1n) is 5.93. The zero-order valence-electron chi connectivity index (χ0n) is 10.7. The van der Waals surface area contributed by atoms with Crippen molar-refractivity contribution in [3.63, 3.8) is 0 Å². The van der Waals surface area contributed by atoms with Gasteiger partial charge in [0.1, 0.15) is 10.3 Å². The minimum Gasteiger partial charge on any atom is -0.396 e. The molecule has 0 aliphatic rings. The molecule has 3 rings (SSSR count). The van der Waals surface area contributed by atoms with Crippen molar-refractivity contribution in [3.05, 3.63) is 18.0 Å². The molecule has 0 atom stereocenters. The molecule has 2 N–H and O–H groups in total. The minimum absolute atomic E-state index is 0.188. The van der Waals surface area contributed by atoms with Crippen LogP contribution in [-0.2, 0) is 0 Å². The molecule has 0 amide bonds. The Morgan fingerprint density at radius 3 is 3.11 bits per heavy atom. The molecule has 3 aromatic rings. The monoisotopic (exact) mass is 294 g/mol. The molecule has 0 aliphatic carbocycles. The fourth-order valence-electron chi connectivity index (χ4n) is 2.01. The van der Waals surface area contributed by atoms with Crippen molar-refractivity contribution >= 4 is 44.9 Å². The second kappa shape index (κ2) is 4.99. The number of thiophene rings is 1. The molecule has 0 saturated carbocycles. The van der Waals surface area contributed by atoms with Gasteiger partial charge in [-0.1, -0.05) is 0 Å². The molecule has 0 saturated heterocycles. The summed E-state index contributed by atoms with van der Waals surface area (Å²) in [5.41, 5.74) is 2.91. The van der Waals surface area contributed by atoms with Crippen LogP contribution in [0.1, 0.15) is 5.69 Å². The van der Waals surface area contributed by atoms with Crippen LogP contribution in [0.2, 0.25) is 0 Å². The van der Waals surface area contributed by atoms with Crippen molar-refractivity contribution in [2.75, 3.05) is 24.7 Å². The van der Waals surface area contributed by atoms with Crippen LogP contribution in [0.4, 0.5) is 5.82 Å². The van der Waals surface area contributed by atoms with Gasteiger partial charge in [-0.25, -0.2) is 9.97 Å². The Bertz CT molecular complexity index is 734. The molecule has 0 spiro atoms. The number of thioether (sulfide) groups is 1. The molecule has 0 bridgehead atoms. The van der Waals surface area contributed by atoms with E-state index in [-0.39, 0.29) is 6.61 Å². The summed E-state index contributed by atoms with van der Waals surface area (Å²) in [7, 11) is 1.85. The molecule has 3 aromatic heterocycles. The van der Waals surface area contributed by atoms with Crippen LogP contribution >= 0.6 is 23.1 Å². The maximum Gasteiger partial charge on any atom is 0.181 e. The Hall–Kier alpha value is -1.31. The largest absolute Gasteiger partial charge is 0.396 e. The van der Waals surface area contributed by atoms with Crippen LogP contribution in [0.5, 0.6) is 0 Å². The molecular weight excluding hydrogens is 280 g/mol. The van der Waals surface area contributed by atoms with Gasteiger partial charge < -0.3 is 10.4 Å². The number of rotatable bonds is 4. The number of aliphatic hydroxyl groups excluding tert-OH is 1. The summed E-state index contributed by atoms with van der Waals surface area (Å²) in [4.78, 5) is 10.1. The lowest BCUT2D eigenvalue weighted by molar-refractivity contribution is 0.322. The van der Waals surface area contributed by atoms with Gasteiger partial charge in [-0.05, 0) is 13.0 Å². The van der Waals surface area contributed by atoms with E-state index in [0.717, 1.165) is 27.5 Å². The third-order valence-electron chi connectivity index (χ3n) is 2.83. The fourth-order valence-corrected chi connectivity index (χ4v) is 4.11. The van der Waals surface area contributed by atoms with E-state index < -0.39 is 0 Å². The number of hydrogen-bond acceptors (Lipinski definition) is 6. The number of nitrogens with one attached hydrogen (secondary N) is 1. The highest BCUT2D eigenvalue weighted by Gasteiger charge is 2.13. The topological polar surface area (TPSA) is 62.5 Å². The Morgan fingerprint density at radius 2 is 2.37 bits per heavy atom. The van der Waals surface area contributed by atoms with E-state index in [1.165, 1.54) is 4.21 Å². The van der Waals surface area contributed by atoms with E-state index in [9.17, 15) is 0 Å². The second-order valence-electron chi connectivity index (χ2n) is 4.10. The zero-order chi connectivity index (χ0) is 13.4. The average Bonchev–Trinajstić information content (AvgIpc) is 2.98.